The van der Waals surface area contributed by atoms with Gasteiger partial charge in [0.2, 0.25) is 0 Å². The smallest absolute Gasteiger partial charge is 0.196 e. The highest BCUT2D eigenvalue weighted by Crippen LogP contribution is 2.37. The van der Waals surface area contributed by atoms with E-state index in [1.54, 1.807) is 0 Å². The molecule has 1 unspecified atom stereocenters. The van der Waals surface area contributed by atoms with Gasteiger partial charge >= 0.3 is 0 Å². The summed E-state index contributed by atoms with van der Waals surface area (Å²) in [7, 11) is 0. The number of guanidine groups is 1. The van der Waals surface area contributed by atoms with E-state index in [4.69, 9.17) is 28.9 Å². The third-order valence-electron chi connectivity index (χ3n) is 3.36. The molecule has 0 spiro atoms. The van der Waals surface area contributed by atoms with Crippen molar-refractivity contribution in [3.8, 4) is 0 Å². The first kappa shape index (κ1) is 13.3. The Balaban J connectivity index is 2.06. The first-order valence-electron chi connectivity index (χ1n) is 6.26. The van der Waals surface area contributed by atoms with Crippen molar-refractivity contribution in [1.29, 1.82) is 0 Å². The van der Waals surface area contributed by atoms with Crippen molar-refractivity contribution < 1.29 is 0 Å². The minimum atomic E-state index is -0.0244. The van der Waals surface area contributed by atoms with Gasteiger partial charge in [0.1, 0.15) is 0 Å². The molecule has 3 nitrogen and oxygen atoms in total. The van der Waals surface area contributed by atoms with Crippen LogP contribution >= 0.6 is 23.2 Å². The SMILES string of the molecule is NC1=NCC(c2ccccc2Cl)N1c1ccccc1Cl. The van der Waals surface area contributed by atoms with Crippen LogP contribution in [0.25, 0.3) is 0 Å². The molecule has 0 aliphatic carbocycles. The molecule has 2 aromatic rings. The molecule has 2 aromatic carbocycles. The van der Waals surface area contributed by atoms with Crippen molar-refractivity contribution in [2.24, 2.45) is 10.7 Å². The maximum Gasteiger partial charge on any atom is 0.196 e. The van der Waals surface area contributed by atoms with Crippen LogP contribution in [0.1, 0.15) is 11.6 Å². The van der Waals surface area contributed by atoms with Crippen LogP contribution in [-0.2, 0) is 0 Å². The molecule has 0 radical (unpaired) electrons. The van der Waals surface area contributed by atoms with E-state index in [2.05, 4.69) is 4.99 Å². The zero-order chi connectivity index (χ0) is 14.1. The molecule has 0 saturated carbocycles. The summed E-state index contributed by atoms with van der Waals surface area (Å²) in [6, 6.07) is 15.3. The fourth-order valence-electron chi connectivity index (χ4n) is 2.42. The molecule has 102 valence electrons. The number of hydrogen-bond donors (Lipinski definition) is 1. The molecule has 0 saturated heterocycles. The lowest BCUT2D eigenvalue weighted by Crippen LogP contribution is -2.36. The molecule has 3 rings (SSSR count). The van der Waals surface area contributed by atoms with Crippen molar-refractivity contribution in [3.63, 3.8) is 0 Å². The number of benzene rings is 2. The van der Waals surface area contributed by atoms with Crippen LogP contribution in [0.5, 0.6) is 0 Å². The summed E-state index contributed by atoms with van der Waals surface area (Å²) >= 11 is 12.6. The van der Waals surface area contributed by atoms with Gasteiger partial charge in [0.15, 0.2) is 5.96 Å². The molecule has 20 heavy (non-hydrogen) atoms. The van der Waals surface area contributed by atoms with Gasteiger partial charge in [-0.25, -0.2) is 0 Å². The van der Waals surface area contributed by atoms with E-state index in [0.29, 0.717) is 22.5 Å². The van der Waals surface area contributed by atoms with Gasteiger partial charge < -0.3 is 10.6 Å². The average Bonchev–Trinajstić information content (AvgIpc) is 2.82. The number of nitrogens with two attached hydrogens (primary N) is 1. The second-order valence-electron chi connectivity index (χ2n) is 4.56. The molecule has 1 atom stereocenters. The predicted octanol–water partition coefficient (Wildman–Crippen LogP) is 3.87. The van der Waals surface area contributed by atoms with Gasteiger partial charge in [-0.1, -0.05) is 53.5 Å². The van der Waals surface area contributed by atoms with Crippen molar-refractivity contribution in [1.82, 2.24) is 0 Å². The van der Waals surface area contributed by atoms with Crippen LogP contribution in [0.4, 0.5) is 5.69 Å². The second-order valence-corrected chi connectivity index (χ2v) is 5.37. The van der Waals surface area contributed by atoms with Gasteiger partial charge in [-0.05, 0) is 23.8 Å². The fraction of sp³-hybridized carbons (Fsp3) is 0.133. The number of aliphatic imine (C=N–C) groups is 1. The van der Waals surface area contributed by atoms with Crippen molar-refractivity contribution in [2.75, 3.05) is 11.4 Å². The molecular formula is C15H13Cl2N3. The van der Waals surface area contributed by atoms with Crippen molar-refractivity contribution >= 4 is 34.8 Å². The van der Waals surface area contributed by atoms with E-state index in [1.807, 2.05) is 53.4 Å². The van der Waals surface area contributed by atoms with Crippen LogP contribution in [0.15, 0.2) is 53.5 Å². The molecule has 0 bridgehead atoms. The normalized spacial score (nSPS) is 18.2. The lowest BCUT2D eigenvalue weighted by atomic mass is 10.1. The molecular weight excluding hydrogens is 293 g/mol. The van der Waals surface area contributed by atoms with Gasteiger partial charge in [-0.3, -0.25) is 4.99 Å². The molecule has 0 amide bonds. The number of nitrogens with zero attached hydrogens (tertiary/aromatic N) is 2. The van der Waals surface area contributed by atoms with E-state index in [-0.39, 0.29) is 6.04 Å². The minimum Gasteiger partial charge on any atom is -0.369 e. The molecule has 1 aliphatic rings. The van der Waals surface area contributed by atoms with Crippen LogP contribution in [-0.4, -0.2) is 12.5 Å². The molecule has 2 N–H and O–H groups in total. The number of para-hydroxylation sites is 1. The van der Waals surface area contributed by atoms with Gasteiger partial charge in [0.05, 0.1) is 23.3 Å². The van der Waals surface area contributed by atoms with E-state index >= 15 is 0 Å². The van der Waals surface area contributed by atoms with Gasteiger partial charge in [0.25, 0.3) is 0 Å². The quantitative estimate of drug-likeness (QED) is 0.915. The van der Waals surface area contributed by atoms with Crippen LogP contribution in [0, 0.1) is 0 Å². The monoisotopic (exact) mass is 305 g/mol. The third kappa shape index (κ3) is 2.23. The fourth-order valence-corrected chi connectivity index (χ4v) is 2.91. The van der Waals surface area contributed by atoms with Gasteiger partial charge in [-0.2, -0.15) is 0 Å². The van der Waals surface area contributed by atoms with Crippen LogP contribution in [0.2, 0.25) is 10.0 Å². The Kier molecular flexibility index (Phi) is 3.55. The lowest BCUT2D eigenvalue weighted by molar-refractivity contribution is 0.769. The summed E-state index contributed by atoms with van der Waals surface area (Å²) in [5.74, 6) is 0.461. The highest BCUT2D eigenvalue weighted by molar-refractivity contribution is 6.34. The molecule has 1 heterocycles. The number of rotatable bonds is 2. The van der Waals surface area contributed by atoms with Crippen molar-refractivity contribution in [2.45, 2.75) is 6.04 Å². The number of anilines is 1. The highest BCUT2D eigenvalue weighted by atomic mass is 35.5. The first-order valence-corrected chi connectivity index (χ1v) is 7.02. The molecule has 5 heteroatoms. The van der Waals surface area contributed by atoms with E-state index < -0.39 is 0 Å². The summed E-state index contributed by atoms with van der Waals surface area (Å²) in [5.41, 5.74) is 7.88. The number of hydrogen-bond acceptors (Lipinski definition) is 3. The summed E-state index contributed by atoms with van der Waals surface area (Å²) < 4.78 is 0. The molecule has 1 aliphatic heterocycles. The first-order chi connectivity index (χ1) is 9.68. The largest absolute Gasteiger partial charge is 0.369 e. The minimum absolute atomic E-state index is 0.0244. The average molecular weight is 306 g/mol. The lowest BCUT2D eigenvalue weighted by Gasteiger charge is -2.28. The van der Waals surface area contributed by atoms with Crippen LogP contribution < -0.4 is 10.6 Å². The standard InChI is InChI=1S/C15H13Cl2N3/c16-11-6-2-1-5-10(11)14-9-19-15(18)20(14)13-8-4-3-7-12(13)17/h1-8,14H,9H2,(H2,18,19). The van der Waals surface area contributed by atoms with E-state index in [1.165, 1.54) is 0 Å². The zero-order valence-electron chi connectivity index (χ0n) is 10.6. The Morgan fingerprint density at radius 3 is 2.35 bits per heavy atom. The summed E-state index contributed by atoms with van der Waals surface area (Å²) in [4.78, 5) is 6.27. The Morgan fingerprint density at radius 2 is 1.65 bits per heavy atom. The molecule has 0 fully saturated rings. The van der Waals surface area contributed by atoms with Crippen LogP contribution in [0.3, 0.4) is 0 Å². The predicted molar refractivity (Wildman–Crippen MR) is 84.6 cm³/mol. The Morgan fingerprint density at radius 1 is 1.00 bits per heavy atom. The third-order valence-corrected chi connectivity index (χ3v) is 4.02. The highest BCUT2D eigenvalue weighted by Gasteiger charge is 2.31. The Bertz CT molecular complexity index is 670. The van der Waals surface area contributed by atoms with Crippen molar-refractivity contribution in [3.05, 3.63) is 64.1 Å². The Labute approximate surface area is 127 Å². The van der Waals surface area contributed by atoms with E-state index in [9.17, 15) is 0 Å². The van der Waals surface area contributed by atoms with E-state index in [0.717, 1.165) is 11.3 Å². The maximum atomic E-state index is 6.29. The second kappa shape index (κ2) is 5.35. The summed E-state index contributed by atoms with van der Waals surface area (Å²) in [5, 5.41) is 1.35. The Hall–Kier alpha value is -1.71. The van der Waals surface area contributed by atoms with Gasteiger partial charge in [0, 0.05) is 5.02 Å². The maximum absolute atomic E-state index is 6.29. The number of halogens is 2. The summed E-state index contributed by atoms with van der Waals surface area (Å²) in [6.45, 7) is 0.570. The topological polar surface area (TPSA) is 41.6 Å². The molecule has 0 aromatic heterocycles. The van der Waals surface area contributed by atoms with Gasteiger partial charge in [-0.15, -0.1) is 0 Å². The zero-order valence-corrected chi connectivity index (χ0v) is 12.1. The summed E-state index contributed by atoms with van der Waals surface area (Å²) in [6.07, 6.45) is 0.